The van der Waals surface area contributed by atoms with Gasteiger partial charge in [-0.15, -0.1) is 0 Å². The Balaban J connectivity index is 2.38. The Morgan fingerprint density at radius 3 is 2.21 bits per heavy atom. The number of aryl methyl sites for hydroxylation is 2. The second-order valence-corrected chi connectivity index (χ2v) is 6.47. The summed E-state index contributed by atoms with van der Waals surface area (Å²) < 4.78 is 1.23. The predicted molar refractivity (Wildman–Crippen MR) is 90.1 cm³/mol. The minimum Gasteiger partial charge on any atom is -0.383 e. The van der Waals surface area contributed by atoms with Gasteiger partial charge in [-0.1, -0.05) is 55.0 Å². The van der Waals surface area contributed by atoms with Gasteiger partial charge in [0, 0.05) is 16.2 Å². The second-order valence-electron chi connectivity index (χ2n) is 5.67. The number of hydrogen-bond donors (Lipinski definition) is 1. The smallest absolute Gasteiger partial charge is 0.0348 e. The first kappa shape index (κ1) is 16.6. The highest BCUT2D eigenvalue weighted by Crippen LogP contribution is 2.25. The van der Waals surface area contributed by atoms with Crippen LogP contribution in [-0.2, 0) is 0 Å². The zero-order chi connectivity index (χ0) is 14.3. The number of halogens is 1. The van der Waals surface area contributed by atoms with Crippen molar-refractivity contribution in [3.8, 4) is 0 Å². The Hall–Kier alpha value is -0.500. The van der Waals surface area contributed by atoms with E-state index in [-0.39, 0.29) is 0 Å². The van der Waals surface area contributed by atoms with Gasteiger partial charge in [0.05, 0.1) is 0 Å². The summed E-state index contributed by atoms with van der Waals surface area (Å²) >= 11 is 3.62. The molecule has 1 unspecified atom stereocenters. The van der Waals surface area contributed by atoms with Crippen LogP contribution in [0.4, 0.5) is 5.69 Å². The normalized spacial score (nSPS) is 12.5. The fraction of sp³-hybridized carbons (Fsp3) is 0.647. The Bertz CT molecular complexity index is 364. The molecular weight excluding hydrogens is 298 g/mol. The lowest BCUT2D eigenvalue weighted by molar-refractivity contribution is 0.578. The molecule has 1 aromatic carbocycles. The van der Waals surface area contributed by atoms with Crippen molar-refractivity contribution in [1.29, 1.82) is 0 Å². The highest BCUT2D eigenvalue weighted by Gasteiger charge is 2.05. The molecule has 1 N–H and O–H groups in total. The van der Waals surface area contributed by atoms with Crippen LogP contribution in [0.25, 0.3) is 0 Å². The first-order valence-electron chi connectivity index (χ1n) is 7.58. The van der Waals surface area contributed by atoms with Crippen molar-refractivity contribution >= 4 is 21.6 Å². The van der Waals surface area contributed by atoms with Gasteiger partial charge in [-0.3, -0.25) is 0 Å². The summed E-state index contributed by atoms with van der Waals surface area (Å²) in [6, 6.07) is 5.01. The fourth-order valence-electron chi connectivity index (χ4n) is 2.44. The number of rotatable bonds is 8. The van der Waals surface area contributed by atoms with E-state index in [1.807, 2.05) is 0 Å². The van der Waals surface area contributed by atoms with Gasteiger partial charge >= 0.3 is 0 Å². The molecule has 0 aliphatic rings. The molecule has 0 heterocycles. The number of anilines is 1. The first-order valence-corrected chi connectivity index (χ1v) is 8.37. The van der Waals surface area contributed by atoms with Crippen LogP contribution in [0.15, 0.2) is 16.6 Å². The van der Waals surface area contributed by atoms with Crippen LogP contribution in [-0.4, -0.2) is 6.04 Å². The quantitative estimate of drug-likeness (QED) is 0.559. The van der Waals surface area contributed by atoms with Crippen LogP contribution in [0, 0.1) is 13.8 Å². The average Bonchev–Trinajstić information content (AvgIpc) is 2.35. The van der Waals surface area contributed by atoms with Crippen molar-refractivity contribution < 1.29 is 0 Å². The van der Waals surface area contributed by atoms with Crippen molar-refractivity contribution in [2.24, 2.45) is 0 Å². The third kappa shape index (κ3) is 5.99. The summed E-state index contributed by atoms with van der Waals surface area (Å²) in [7, 11) is 0. The molecule has 1 nitrogen and oxygen atoms in total. The zero-order valence-electron chi connectivity index (χ0n) is 12.9. The molecule has 0 radical (unpaired) electrons. The summed E-state index contributed by atoms with van der Waals surface area (Å²) in [5.74, 6) is 0. The number of nitrogens with one attached hydrogen (secondary N) is 1. The van der Waals surface area contributed by atoms with Crippen LogP contribution < -0.4 is 5.32 Å². The van der Waals surface area contributed by atoms with E-state index in [0.29, 0.717) is 6.04 Å². The van der Waals surface area contributed by atoms with Crippen molar-refractivity contribution in [3.05, 3.63) is 27.7 Å². The lowest BCUT2D eigenvalue weighted by Gasteiger charge is -2.17. The lowest BCUT2D eigenvalue weighted by atomic mass is 10.1. The predicted octanol–water partition coefficient (Wildman–Crippen LogP) is 6.23. The maximum absolute atomic E-state index is 3.62. The van der Waals surface area contributed by atoms with Gasteiger partial charge in [0.15, 0.2) is 0 Å². The Labute approximate surface area is 127 Å². The van der Waals surface area contributed by atoms with Crippen LogP contribution in [0.2, 0.25) is 0 Å². The molecule has 1 aromatic rings. The van der Waals surface area contributed by atoms with Gasteiger partial charge in [-0.25, -0.2) is 0 Å². The van der Waals surface area contributed by atoms with Crippen LogP contribution in [0.3, 0.4) is 0 Å². The minimum absolute atomic E-state index is 0.557. The molecule has 0 saturated heterocycles. The van der Waals surface area contributed by atoms with E-state index < -0.39 is 0 Å². The second kappa shape index (κ2) is 8.63. The number of unbranched alkanes of at least 4 members (excludes halogenated alkanes) is 4. The largest absolute Gasteiger partial charge is 0.383 e. The molecule has 19 heavy (non-hydrogen) atoms. The van der Waals surface area contributed by atoms with Crippen LogP contribution in [0.5, 0.6) is 0 Å². The third-order valence-electron chi connectivity index (χ3n) is 3.59. The maximum Gasteiger partial charge on any atom is 0.0348 e. The van der Waals surface area contributed by atoms with Crippen molar-refractivity contribution in [2.45, 2.75) is 72.3 Å². The van der Waals surface area contributed by atoms with Crippen molar-refractivity contribution in [2.75, 3.05) is 5.32 Å². The zero-order valence-corrected chi connectivity index (χ0v) is 14.4. The first-order chi connectivity index (χ1) is 9.04. The number of benzene rings is 1. The Kier molecular flexibility index (Phi) is 7.52. The Morgan fingerprint density at radius 1 is 1.05 bits per heavy atom. The SMILES string of the molecule is CCCCCCCC(C)Nc1cc(C)c(Br)c(C)c1. The summed E-state index contributed by atoms with van der Waals surface area (Å²) in [6.45, 7) is 8.85. The van der Waals surface area contributed by atoms with Crippen LogP contribution in [0.1, 0.15) is 63.5 Å². The molecule has 0 aliphatic carbocycles. The fourth-order valence-corrected chi connectivity index (χ4v) is 2.67. The van der Waals surface area contributed by atoms with Gasteiger partial charge in [0.1, 0.15) is 0 Å². The molecule has 1 atom stereocenters. The van der Waals surface area contributed by atoms with E-state index in [1.165, 1.54) is 59.8 Å². The lowest BCUT2D eigenvalue weighted by Crippen LogP contribution is -2.15. The minimum atomic E-state index is 0.557. The van der Waals surface area contributed by atoms with Crippen molar-refractivity contribution in [3.63, 3.8) is 0 Å². The monoisotopic (exact) mass is 325 g/mol. The summed E-state index contributed by atoms with van der Waals surface area (Å²) in [5, 5.41) is 3.62. The molecule has 108 valence electrons. The van der Waals surface area contributed by atoms with Gasteiger partial charge in [-0.2, -0.15) is 0 Å². The maximum atomic E-state index is 3.62. The molecular formula is C17H28BrN. The molecule has 1 rings (SSSR count). The van der Waals surface area contributed by atoms with Gasteiger partial charge in [-0.05, 0) is 50.5 Å². The van der Waals surface area contributed by atoms with E-state index in [9.17, 15) is 0 Å². The molecule has 2 heteroatoms. The van der Waals surface area contributed by atoms with Gasteiger partial charge < -0.3 is 5.32 Å². The third-order valence-corrected chi connectivity index (χ3v) is 4.84. The van der Waals surface area contributed by atoms with Crippen LogP contribution >= 0.6 is 15.9 Å². The van der Waals surface area contributed by atoms with E-state index in [1.54, 1.807) is 0 Å². The summed E-state index contributed by atoms with van der Waals surface area (Å²) in [5.41, 5.74) is 3.86. The molecule has 0 saturated carbocycles. The molecule has 0 aromatic heterocycles. The van der Waals surface area contributed by atoms with E-state index in [4.69, 9.17) is 0 Å². The standard InChI is InChI=1S/C17H28BrN/c1-5-6-7-8-9-10-15(4)19-16-11-13(2)17(18)14(3)12-16/h11-12,15,19H,5-10H2,1-4H3. The molecule has 0 fully saturated rings. The van der Waals surface area contributed by atoms with E-state index >= 15 is 0 Å². The summed E-state index contributed by atoms with van der Waals surface area (Å²) in [4.78, 5) is 0. The molecule has 0 aliphatic heterocycles. The highest BCUT2D eigenvalue weighted by atomic mass is 79.9. The average molecular weight is 326 g/mol. The number of hydrogen-bond acceptors (Lipinski definition) is 1. The highest BCUT2D eigenvalue weighted by molar-refractivity contribution is 9.10. The van der Waals surface area contributed by atoms with E-state index in [2.05, 4.69) is 61.1 Å². The van der Waals surface area contributed by atoms with Gasteiger partial charge in [0.25, 0.3) is 0 Å². The molecule has 0 spiro atoms. The topological polar surface area (TPSA) is 12.0 Å². The molecule has 0 amide bonds. The molecule has 0 bridgehead atoms. The summed E-state index contributed by atoms with van der Waals surface area (Å²) in [6.07, 6.45) is 8.07. The Morgan fingerprint density at radius 2 is 1.63 bits per heavy atom. The van der Waals surface area contributed by atoms with E-state index in [0.717, 1.165) is 0 Å². The van der Waals surface area contributed by atoms with Gasteiger partial charge in [0.2, 0.25) is 0 Å². The van der Waals surface area contributed by atoms with Crippen molar-refractivity contribution in [1.82, 2.24) is 0 Å².